The van der Waals surface area contributed by atoms with Crippen LogP contribution in [0.25, 0.3) is 16.8 Å². The molecule has 1 aromatic heterocycles. The lowest BCUT2D eigenvalue weighted by Gasteiger charge is -2.17. The van der Waals surface area contributed by atoms with Crippen molar-refractivity contribution in [3.63, 3.8) is 0 Å². The Morgan fingerprint density at radius 3 is 2.76 bits per heavy atom. The number of rotatable bonds is 10. The summed E-state index contributed by atoms with van der Waals surface area (Å²) in [5.74, 6) is 0.130. The number of amides is 2. The quantitative estimate of drug-likeness (QED) is 0.232. The third-order valence-corrected chi connectivity index (χ3v) is 6.83. The SMILES string of the molecule is CCC(CCCNCc1ccc2cc(Br)ccc2c1)Nc1nccc(C=C2SC(=O)NC2=O)n1. The zero-order chi connectivity index (χ0) is 23.9. The van der Waals surface area contributed by atoms with Crippen molar-refractivity contribution in [3.8, 4) is 0 Å². The molecule has 34 heavy (non-hydrogen) atoms. The van der Waals surface area contributed by atoms with Gasteiger partial charge < -0.3 is 10.6 Å². The Morgan fingerprint density at radius 2 is 1.97 bits per heavy atom. The molecule has 1 aliphatic rings. The van der Waals surface area contributed by atoms with Crippen LogP contribution in [0, 0.1) is 0 Å². The van der Waals surface area contributed by atoms with E-state index in [9.17, 15) is 9.59 Å². The Kier molecular flexibility index (Phi) is 8.31. The molecule has 1 unspecified atom stereocenters. The van der Waals surface area contributed by atoms with Gasteiger partial charge in [0.15, 0.2) is 0 Å². The van der Waals surface area contributed by atoms with Crippen LogP contribution in [0.3, 0.4) is 0 Å². The number of thioether (sulfide) groups is 1. The summed E-state index contributed by atoms with van der Waals surface area (Å²) in [4.78, 5) is 32.2. The predicted molar refractivity (Wildman–Crippen MR) is 141 cm³/mol. The third-order valence-electron chi connectivity index (χ3n) is 5.53. The second-order valence-corrected chi connectivity index (χ2v) is 9.98. The summed E-state index contributed by atoms with van der Waals surface area (Å²) in [6, 6.07) is 14.9. The van der Waals surface area contributed by atoms with E-state index in [1.807, 2.05) is 0 Å². The Hall–Kier alpha value is -2.75. The van der Waals surface area contributed by atoms with E-state index >= 15 is 0 Å². The second kappa shape index (κ2) is 11.6. The Labute approximate surface area is 211 Å². The number of carbonyl (C=O) groups is 2. The van der Waals surface area contributed by atoms with Crippen molar-refractivity contribution in [1.29, 1.82) is 0 Å². The zero-order valence-electron chi connectivity index (χ0n) is 18.8. The molecule has 2 aromatic carbocycles. The number of aromatic nitrogens is 2. The molecular formula is C25H26BrN5O2S. The highest BCUT2D eigenvalue weighted by molar-refractivity contribution is 9.10. The largest absolute Gasteiger partial charge is 0.351 e. The fourth-order valence-electron chi connectivity index (χ4n) is 3.72. The maximum atomic E-state index is 11.7. The highest BCUT2D eigenvalue weighted by Crippen LogP contribution is 2.25. The molecule has 4 rings (SSSR count). The van der Waals surface area contributed by atoms with Crippen LogP contribution in [0.4, 0.5) is 10.7 Å². The second-order valence-electron chi connectivity index (χ2n) is 8.05. The summed E-state index contributed by atoms with van der Waals surface area (Å²) in [7, 11) is 0. The highest BCUT2D eigenvalue weighted by atomic mass is 79.9. The lowest BCUT2D eigenvalue weighted by atomic mass is 10.1. The summed E-state index contributed by atoms with van der Waals surface area (Å²) >= 11 is 4.40. The molecule has 1 saturated heterocycles. The average Bonchev–Trinajstić information content (AvgIpc) is 3.14. The Balaban J connectivity index is 1.24. The van der Waals surface area contributed by atoms with E-state index in [0.29, 0.717) is 16.5 Å². The van der Waals surface area contributed by atoms with E-state index in [2.05, 4.69) is 85.2 Å². The van der Waals surface area contributed by atoms with Crippen LogP contribution in [0.5, 0.6) is 0 Å². The van der Waals surface area contributed by atoms with Gasteiger partial charge in [-0.25, -0.2) is 9.97 Å². The van der Waals surface area contributed by atoms with Crippen LogP contribution in [-0.2, 0) is 11.3 Å². The number of carbonyl (C=O) groups excluding carboxylic acids is 2. The number of anilines is 1. The van der Waals surface area contributed by atoms with Crippen molar-refractivity contribution in [3.05, 3.63) is 69.3 Å². The van der Waals surface area contributed by atoms with Crippen molar-refractivity contribution < 1.29 is 9.59 Å². The number of nitrogens with zero attached hydrogens (tertiary/aromatic N) is 2. The van der Waals surface area contributed by atoms with Gasteiger partial charge in [0, 0.05) is 23.3 Å². The number of fused-ring (bicyclic) bond motifs is 1. The maximum absolute atomic E-state index is 11.7. The molecule has 2 amide bonds. The highest BCUT2D eigenvalue weighted by Gasteiger charge is 2.25. The number of benzene rings is 2. The molecule has 1 atom stereocenters. The molecular weight excluding hydrogens is 514 g/mol. The van der Waals surface area contributed by atoms with Gasteiger partial charge in [-0.15, -0.1) is 0 Å². The minimum absolute atomic E-state index is 0.245. The smallest absolute Gasteiger partial charge is 0.290 e. The van der Waals surface area contributed by atoms with Crippen LogP contribution in [0.2, 0.25) is 0 Å². The lowest BCUT2D eigenvalue weighted by Crippen LogP contribution is -2.23. The van der Waals surface area contributed by atoms with Gasteiger partial charge >= 0.3 is 0 Å². The molecule has 3 aromatic rings. The van der Waals surface area contributed by atoms with Crippen LogP contribution < -0.4 is 16.0 Å². The number of imide groups is 1. The Morgan fingerprint density at radius 1 is 1.15 bits per heavy atom. The molecule has 0 spiro atoms. The van der Waals surface area contributed by atoms with Crippen LogP contribution in [0.1, 0.15) is 37.4 Å². The summed E-state index contributed by atoms with van der Waals surface area (Å²) in [6.07, 6.45) is 6.21. The first-order valence-corrected chi connectivity index (χ1v) is 12.8. The number of hydrogen-bond donors (Lipinski definition) is 3. The molecule has 0 radical (unpaired) electrons. The average molecular weight is 540 g/mol. The fraction of sp³-hybridized carbons (Fsp3) is 0.280. The predicted octanol–water partition coefficient (Wildman–Crippen LogP) is 5.48. The van der Waals surface area contributed by atoms with Gasteiger partial charge in [0.25, 0.3) is 11.1 Å². The molecule has 0 aliphatic carbocycles. The molecule has 9 heteroatoms. The monoisotopic (exact) mass is 539 g/mol. The molecule has 2 heterocycles. The lowest BCUT2D eigenvalue weighted by molar-refractivity contribution is -0.115. The van der Waals surface area contributed by atoms with Crippen molar-refractivity contribution in [2.24, 2.45) is 0 Å². The van der Waals surface area contributed by atoms with Crippen molar-refractivity contribution in [1.82, 2.24) is 20.6 Å². The molecule has 0 bridgehead atoms. The molecule has 176 valence electrons. The van der Waals surface area contributed by atoms with Gasteiger partial charge in [-0.05, 0) is 84.2 Å². The van der Waals surface area contributed by atoms with Gasteiger partial charge in [0.2, 0.25) is 5.95 Å². The first-order valence-electron chi connectivity index (χ1n) is 11.2. The van der Waals surface area contributed by atoms with Gasteiger partial charge in [-0.1, -0.05) is 41.1 Å². The molecule has 1 aliphatic heterocycles. The van der Waals surface area contributed by atoms with Crippen molar-refractivity contribution >= 4 is 61.6 Å². The summed E-state index contributed by atoms with van der Waals surface area (Å²) in [5.41, 5.74) is 1.86. The van der Waals surface area contributed by atoms with E-state index in [1.165, 1.54) is 16.3 Å². The standard InChI is InChI=1S/C25H26BrN5O2S/c1-2-20(29-24-28-11-9-21(30-24)14-22-23(32)31-25(33)34-22)4-3-10-27-15-16-5-6-18-13-19(26)8-7-17(18)12-16/h5-9,11-14,20,27H,2-4,10,15H2,1H3,(H,28,29,30)(H,31,32,33). The van der Waals surface area contributed by atoms with Gasteiger partial charge in [0.1, 0.15) is 0 Å². The van der Waals surface area contributed by atoms with Crippen LogP contribution >= 0.6 is 27.7 Å². The molecule has 3 N–H and O–H groups in total. The van der Waals surface area contributed by atoms with Crippen molar-refractivity contribution in [2.75, 3.05) is 11.9 Å². The first-order chi connectivity index (χ1) is 16.5. The number of halogens is 1. The van der Waals surface area contributed by atoms with E-state index in [0.717, 1.165) is 48.6 Å². The molecule has 7 nitrogen and oxygen atoms in total. The summed E-state index contributed by atoms with van der Waals surface area (Å²) < 4.78 is 1.09. The molecule has 1 fully saturated rings. The minimum Gasteiger partial charge on any atom is -0.351 e. The maximum Gasteiger partial charge on any atom is 0.290 e. The third kappa shape index (κ3) is 6.65. The van der Waals surface area contributed by atoms with E-state index in [-0.39, 0.29) is 17.2 Å². The normalized spacial score (nSPS) is 15.6. The first kappa shape index (κ1) is 24.4. The summed E-state index contributed by atoms with van der Waals surface area (Å²) in [6.45, 7) is 3.89. The Bertz CT molecular complexity index is 1230. The number of hydrogen-bond acceptors (Lipinski definition) is 7. The van der Waals surface area contributed by atoms with E-state index in [4.69, 9.17) is 0 Å². The van der Waals surface area contributed by atoms with E-state index in [1.54, 1.807) is 18.3 Å². The van der Waals surface area contributed by atoms with Crippen molar-refractivity contribution in [2.45, 2.75) is 38.8 Å². The molecule has 0 saturated carbocycles. The zero-order valence-corrected chi connectivity index (χ0v) is 21.2. The topological polar surface area (TPSA) is 96.0 Å². The van der Waals surface area contributed by atoms with E-state index < -0.39 is 0 Å². The van der Waals surface area contributed by atoms with Gasteiger partial charge in [-0.3, -0.25) is 14.9 Å². The summed E-state index contributed by atoms with van der Waals surface area (Å²) in [5, 5.41) is 11.3. The van der Waals surface area contributed by atoms with Crippen LogP contribution in [-0.4, -0.2) is 33.7 Å². The fourth-order valence-corrected chi connectivity index (χ4v) is 4.77. The van der Waals surface area contributed by atoms with Crippen LogP contribution in [0.15, 0.2) is 58.0 Å². The number of nitrogens with one attached hydrogen (secondary N) is 3. The van der Waals surface area contributed by atoms with Gasteiger partial charge in [0.05, 0.1) is 10.6 Å². The van der Waals surface area contributed by atoms with Gasteiger partial charge in [-0.2, -0.15) is 0 Å². The minimum atomic E-state index is -0.390.